The van der Waals surface area contributed by atoms with Crippen LogP contribution in [0.3, 0.4) is 0 Å². The molecule has 0 spiro atoms. The number of carbonyl (C=O) groups excluding carboxylic acids is 1. The number of halogens is 2. The first kappa shape index (κ1) is 9.87. The summed E-state index contributed by atoms with van der Waals surface area (Å²) in [4.78, 5) is 13.0. The van der Waals surface area contributed by atoms with E-state index in [9.17, 15) is 13.6 Å². The van der Waals surface area contributed by atoms with Crippen molar-refractivity contribution in [3.05, 3.63) is 0 Å². The maximum atomic E-state index is 13.1. The largest absolute Gasteiger partial charge is 0.333 e. The molecule has 3 atom stereocenters. The molecular formula is C10H15F2NO. The summed E-state index contributed by atoms with van der Waals surface area (Å²) < 4.78 is 26.3. The van der Waals surface area contributed by atoms with Gasteiger partial charge in [0.1, 0.15) is 0 Å². The summed E-state index contributed by atoms with van der Waals surface area (Å²) >= 11 is 0. The molecular weight excluding hydrogens is 188 g/mol. The van der Waals surface area contributed by atoms with Crippen LogP contribution in [0.15, 0.2) is 0 Å². The summed E-state index contributed by atoms with van der Waals surface area (Å²) in [6.45, 7) is 3.42. The van der Waals surface area contributed by atoms with Crippen molar-refractivity contribution in [3.63, 3.8) is 0 Å². The summed E-state index contributed by atoms with van der Waals surface area (Å²) in [6.07, 6.45) is 0.600. The fourth-order valence-corrected chi connectivity index (χ4v) is 2.70. The van der Waals surface area contributed by atoms with E-state index < -0.39 is 5.92 Å². The van der Waals surface area contributed by atoms with Crippen LogP contribution in [0.4, 0.5) is 8.78 Å². The van der Waals surface area contributed by atoms with Crippen molar-refractivity contribution in [1.29, 1.82) is 0 Å². The molecule has 2 aliphatic rings. The molecule has 2 saturated heterocycles. The standard InChI is InChI=1S/C10H15F2NO/c1-6-3-7(2)9(14)13-5-10(11,12)4-8(6)13/h6-8H,3-5H2,1-2H3/t6?,7?,8-/m0/s1. The van der Waals surface area contributed by atoms with Gasteiger partial charge < -0.3 is 4.90 Å². The van der Waals surface area contributed by atoms with Gasteiger partial charge in [-0.05, 0) is 12.3 Å². The van der Waals surface area contributed by atoms with Gasteiger partial charge >= 0.3 is 0 Å². The van der Waals surface area contributed by atoms with Gasteiger partial charge in [0.2, 0.25) is 5.91 Å². The summed E-state index contributed by atoms with van der Waals surface area (Å²) in [5.41, 5.74) is 0. The number of piperidine rings is 1. The molecule has 2 unspecified atom stereocenters. The van der Waals surface area contributed by atoms with Crippen molar-refractivity contribution in [2.24, 2.45) is 11.8 Å². The van der Waals surface area contributed by atoms with E-state index in [4.69, 9.17) is 0 Å². The average molecular weight is 203 g/mol. The Balaban J connectivity index is 2.22. The Morgan fingerprint density at radius 1 is 1.43 bits per heavy atom. The van der Waals surface area contributed by atoms with Crippen molar-refractivity contribution in [1.82, 2.24) is 4.90 Å². The summed E-state index contributed by atoms with van der Waals surface area (Å²) in [6, 6.07) is -0.228. The number of amides is 1. The third kappa shape index (κ3) is 1.41. The van der Waals surface area contributed by atoms with Crippen LogP contribution in [-0.4, -0.2) is 29.3 Å². The zero-order valence-electron chi connectivity index (χ0n) is 8.46. The van der Waals surface area contributed by atoms with Crippen molar-refractivity contribution in [3.8, 4) is 0 Å². The van der Waals surface area contributed by atoms with E-state index in [1.807, 2.05) is 13.8 Å². The zero-order valence-corrected chi connectivity index (χ0v) is 8.46. The van der Waals surface area contributed by atoms with Gasteiger partial charge in [0.05, 0.1) is 6.54 Å². The van der Waals surface area contributed by atoms with Gasteiger partial charge in [-0.1, -0.05) is 13.8 Å². The summed E-state index contributed by atoms with van der Waals surface area (Å²) in [7, 11) is 0. The molecule has 4 heteroatoms. The first-order chi connectivity index (χ1) is 6.41. The minimum atomic E-state index is -2.67. The summed E-state index contributed by atoms with van der Waals surface area (Å²) in [5, 5.41) is 0. The minimum Gasteiger partial charge on any atom is -0.333 e. The highest BCUT2D eigenvalue weighted by Gasteiger charge is 2.51. The highest BCUT2D eigenvalue weighted by Crippen LogP contribution is 2.41. The lowest BCUT2D eigenvalue weighted by molar-refractivity contribution is -0.142. The van der Waals surface area contributed by atoms with Gasteiger partial charge in [0, 0.05) is 18.4 Å². The fraction of sp³-hybridized carbons (Fsp3) is 0.900. The van der Waals surface area contributed by atoms with Gasteiger partial charge in [-0.2, -0.15) is 0 Å². The second-order valence-corrected chi connectivity index (χ2v) is 4.71. The Labute approximate surface area is 82.3 Å². The topological polar surface area (TPSA) is 20.3 Å². The second-order valence-electron chi connectivity index (χ2n) is 4.71. The molecule has 2 fully saturated rings. The SMILES string of the molecule is CC1CC(C)[C@@H]2CC(F)(F)CN2C1=O. The van der Waals surface area contributed by atoms with Crippen molar-refractivity contribution in [2.75, 3.05) is 6.54 Å². The molecule has 0 aromatic rings. The Kier molecular flexibility index (Phi) is 2.05. The van der Waals surface area contributed by atoms with Gasteiger partial charge in [-0.25, -0.2) is 8.78 Å². The van der Waals surface area contributed by atoms with Crippen molar-refractivity contribution >= 4 is 5.91 Å². The lowest BCUT2D eigenvalue weighted by atomic mass is 9.85. The number of alkyl halides is 2. The Morgan fingerprint density at radius 2 is 2.07 bits per heavy atom. The molecule has 0 aliphatic carbocycles. The molecule has 2 rings (SSSR count). The maximum Gasteiger partial charge on any atom is 0.267 e. The van der Waals surface area contributed by atoms with E-state index in [2.05, 4.69) is 0 Å². The van der Waals surface area contributed by atoms with Crippen LogP contribution in [0.25, 0.3) is 0 Å². The molecule has 2 aliphatic heterocycles. The number of rotatable bonds is 0. The number of nitrogens with zero attached hydrogens (tertiary/aromatic N) is 1. The predicted molar refractivity (Wildman–Crippen MR) is 48.0 cm³/mol. The lowest BCUT2D eigenvalue weighted by Crippen LogP contribution is -2.47. The van der Waals surface area contributed by atoms with Crippen LogP contribution in [0.2, 0.25) is 0 Å². The van der Waals surface area contributed by atoms with Gasteiger partial charge in [0.25, 0.3) is 5.92 Å². The molecule has 0 radical (unpaired) electrons. The average Bonchev–Trinajstić information content (AvgIpc) is 2.38. The molecule has 0 bridgehead atoms. The van der Waals surface area contributed by atoms with Crippen molar-refractivity contribution < 1.29 is 13.6 Å². The van der Waals surface area contributed by atoms with E-state index in [1.165, 1.54) is 4.90 Å². The lowest BCUT2D eigenvalue weighted by Gasteiger charge is -2.37. The van der Waals surface area contributed by atoms with Crippen LogP contribution in [0.5, 0.6) is 0 Å². The normalized spacial score (nSPS) is 41.3. The van der Waals surface area contributed by atoms with E-state index in [0.717, 1.165) is 6.42 Å². The zero-order chi connectivity index (χ0) is 10.5. The van der Waals surface area contributed by atoms with Crippen LogP contribution in [-0.2, 0) is 4.79 Å². The van der Waals surface area contributed by atoms with Gasteiger partial charge in [0.15, 0.2) is 0 Å². The molecule has 0 aromatic heterocycles. The van der Waals surface area contributed by atoms with E-state index in [1.54, 1.807) is 0 Å². The monoisotopic (exact) mass is 203 g/mol. The predicted octanol–water partition coefficient (Wildman–Crippen LogP) is 1.90. The third-order valence-electron chi connectivity index (χ3n) is 3.40. The maximum absolute atomic E-state index is 13.1. The highest BCUT2D eigenvalue weighted by molar-refractivity contribution is 5.80. The molecule has 14 heavy (non-hydrogen) atoms. The number of hydrogen-bond acceptors (Lipinski definition) is 1. The van der Waals surface area contributed by atoms with E-state index >= 15 is 0 Å². The molecule has 0 saturated carbocycles. The molecule has 0 N–H and O–H groups in total. The molecule has 1 amide bonds. The van der Waals surface area contributed by atoms with E-state index in [-0.39, 0.29) is 36.8 Å². The van der Waals surface area contributed by atoms with Crippen molar-refractivity contribution in [2.45, 2.75) is 38.7 Å². The Bertz CT molecular complexity index is 267. The molecule has 2 nitrogen and oxygen atoms in total. The number of fused-ring (bicyclic) bond motifs is 1. The Hall–Kier alpha value is -0.670. The van der Waals surface area contributed by atoms with Crippen LogP contribution >= 0.6 is 0 Å². The number of carbonyl (C=O) groups is 1. The summed E-state index contributed by atoms with van der Waals surface area (Å²) in [5.74, 6) is -2.64. The minimum absolute atomic E-state index is 0.0878. The molecule has 2 heterocycles. The first-order valence-electron chi connectivity index (χ1n) is 5.09. The van der Waals surface area contributed by atoms with Gasteiger partial charge in [-0.15, -0.1) is 0 Å². The van der Waals surface area contributed by atoms with E-state index in [0.29, 0.717) is 0 Å². The van der Waals surface area contributed by atoms with Crippen LogP contribution in [0, 0.1) is 11.8 Å². The van der Waals surface area contributed by atoms with Crippen LogP contribution in [0.1, 0.15) is 26.7 Å². The van der Waals surface area contributed by atoms with Crippen LogP contribution < -0.4 is 0 Å². The quantitative estimate of drug-likeness (QED) is 0.588. The second kappa shape index (κ2) is 2.91. The van der Waals surface area contributed by atoms with Gasteiger partial charge in [-0.3, -0.25) is 4.79 Å². The molecule has 0 aromatic carbocycles. The molecule has 80 valence electrons. The Morgan fingerprint density at radius 3 is 2.71 bits per heavy atom. The third-order valence-corrected chi connectivity index (χ3v) is 3.40. The highest BCUT2D eigenvalue weighted by atomic mass is 19.3. The first-order valence-corrected chi connectivity index (χ1v) is 5.09. The number of hydrogen-bond donors (Lipinski definition) is 0. The fourth-order valence-electron chi connectivity index (χ4n) is 2.70. The smallest absolute Gasteiger partial charge is 0.267 e.